The van der Waals surface area contributed by atoms with Crippen LogP contribution in [0.1, 0.15) is 76.7 Å². The molecule has 2 aliphatic carbocycles. The van der Waals surface area contributed by atoms with E-state index in [9.17, 15) is 0 Å². The molecule has 128 valence electrons. The Morgan fingerprint density at radius 3 is 2.46 bits per heavy atom. The van der Waals surface area contributed by atoms with Crippen LogP contribution in [0.3, 0.4) is 0 Å². The van der Waals surface area contributed by atoms with E-state index >= 15 is 0 Å². The zero-order valence-corrected chi connectivity index (χ0v) is 15.2. The predicted molar refractivity (Wildman–Crippen MR) is 101 cm³/mol. The molecule has 1 saturated carbocycles. The topological polar surface area (TPSA) is 9.23 Å². The zero-order valence-electron chi connectivity index (χ0n) is 15.2. The highest BCUT2D eigenvalue weighted by atomic mass is 16.5. The predicted octanol–water partition coefficient (Wildman–Crippen LogP) is 6.25. The molecule has 0 unspecified atom stereocenters. The molecule has 1 nitrogen and oxygen atoms in total. The van der Waals surface area contributed by atoms with E-state index in [2.05, 4.69) is 49.1 Å². The van der Waals surface area contributed by atoms with Crippen LogP contribution in [0.5, 0.6) is 5.75 Å². The highest BCUT2D eigenvalue weighted by Gasteiger charge is 2.34. The van der Waals surface area contributed by atoms with Crippen LogP contribution in [-0.4, -0.2) is 6.61 Å². The van der Waals surface area contributed by atoms with Gasteiger partial charge in [0.2, 0.25) is 0 Å². The molecular weight excluding hydrogens is 292 g/mol. The smallest absolute Gasteiger partial charge is 0.119 e. The average molecular weight is 322 g/mol. The lowest BCUT2D eigenvalue weighted by atomic mass is 9.74. The van der Waals surface area contributed by atoms with E-state index in [0.717, 1.165) is 18.8 Å². The van der Waals surface area contributed by atoms with Gasteiger partial charge in [0.25, 0.3) is 0 Å². The molecular formula is C23H30O. The van der Waals surface area contributed by atoms with Crippen molar-refractivity contribution < 1.29 is 4.74 Å². The Balaban J connectivity index is 1.53. The van der Waals surface area contributed by atoms with Gasteiger partial charge in [-0.05, 0) is 74.1 Å². The average Bonchev–Trinajstić information content (AvgIpc) is 3.08. The van der Waals surface area contributed by atoms with Gasteiger partial charge in [0.1, 0.15) is 12.4 Å². The van der Waals surface area contributed by atoms with Crippen molar-refractivity contribution in [2.24, 2.45) is 5.41 Å². The number of hydrogen-bond acceptors (Lipinski definition) is 1. The van der Waals surface area contributed by atoms with Crippen molar-refractivity contribution in [3.63, 3.8) is 0 Å². The number of hydrogen-bond donors (Lipinski definition) is 0. The molecule has 0 aliphatic heterocycles. The second-order valence-corrected chi connectivity index (χ2v) is 7.49. The summed E-state index contributed by atoms with van der Waals surface area (Å²) in [5, 5.41) is 0. The number of ether oxygens (including phenoxy) is 1. The lowest BCUT2D eigenvalue weighted by Crippen LogP contribution is -2.20. The summed E-state index contributed by atoms with van der Waals surface area (Å²) in [6.45, 7) is 4.85. The largest absolute Gasteiger partial charge is 0.489 e. The maximum absolute atomic E-state index is 6.02. The molecule has 1 aromatic carbocycles. The van der Waals surface area contributed by atoms with Crippen molar-refractivity contribution >= 4 is 0 Å². The van der Waals surface area contributed by atoms with E-state index in [0.29, 0.717) is 11.3 Å². The summed E-state index contributed by atoms with van der Waals surface area (Å²) in [4.78, 5) is 0. The van der Waals surface area contributed by atoms with Crippen LogP contribution in [0.15, 0.2) is 35.9 Å². The van der Waals surface area contributed by atoms with Gasteiger partial charge >= 0.3 is 0 Å². The van der Waals surface area contributed by atoms with E-state index in [4.69, 9.17) is 4.74 Å². The van der Waals surface area contributed by atoms with Crippen LogP contribution in [0.25, 0.3) is 0 Å². The van der Waals surface area contributed by atoms with Crippen molar-refractivity contribution in [1.82, 2.24) is 0 Å². The lowest BCUT2D eigenvalue weighted by Gasteiger charge is -2.32. The fourth-order valence-corrected chi connectivity index (χ4v) is 4.27. The van der Waals surface area contributed by atoms with Crippen LogP contribution in [0, 0.1) is 17.3 Å². The quantitative estimate of drug-likeness (QED) is 0.459. The second kappa shape index (κ2) is 7.93. The number of rotatable bonds is 5. The highest BCUT2D eigenvalue weighted by Crippen LogP contribution is 2.48. The first-order valence-corrected chi connectivity index (χ1v) is 9.58. The molecule has 2 aliphatic rings. The van der Waals surface area contributed by atoms with Crippen molar-refractivity contribution in [2.45, 2.75) is 71.1 Å². The third-order valence-electron chi connectivity index (χ3n) is 5.90. The van der Waals surface area contributed by atoms with Crippen molar-refractivity contribution in [1.29, 1.82) is 0 Å². The van der Waals surface area contributed by atoms with Crippen LogP contribution in [-0.2, 0) is 0 Å². The van der Waals surface area contributed by atoms with E-state index in [1.54, 1.807) is 0 Å². The Morgan fingerprint density at radius 2 is 1.88 bits per heavy atom. The normalized spacial score (nSPS) is 20.2. The number of allylic oxidation sites excluding steroid dienone is 1. The summed E-state index contributed by atoms with van der Waals surface area (Å²) >= 11 is 0. The molecule has 0 N–H and O–H groups in total. The van der Waals surface area contributed by atoms with E-state index in [1.165, 1.54) is 56.1 Å². The molecule has 0 heterocycles. The first-order chi connectivity index (χ1) is 11.7. The van der Waals surface area contributed by atoms with Crippen molar-refractivity contribution in [2.75, 3.05) is 6.61 Å². The SMILES string of the molecule is CC#C[C@@H](CC)c1ccc(OCC2=CCC3(CCCC3)CC2)cc1. The summed E-state index contributed by atoms with van der Waals surface area (Å²) in [6.07, 6.45) is 13.1. The Hall–Kier alpha value is -1.68. The molecule has 1 fully saturated rings. The van der Waals surface area contributed by atoms with Gasteiger partial charge in [-0.2, -0.15) is 0 Å². The van der Waals surface area contributed by atoms with Crippen LogP contribution in [0.2, 0.25) is 0 Å². The van der Waals surface area contributed by atoms with Crippen LogP contribution < -0.4 is 4.74 Å². The third-order valence-corrected chi connectivity index (χ3v) is 5.90. The molecule has 0 saturated heterocycles. The fourth-order valence-electron chi connectivity index (χ4n) is 4.27. The van der Waals surface area contributed by atoms with Crippen LogP contribution >= 0.6 is 0 Å². The van der Waals surface area contributed by atoms with Gasteiger partial charge in [-0.15, -0.1) is 5.92 Å². The summed E-state index contributed by atoms with van der Waals surface area (Å²) in [6, 6.07) is 8.52. The van der Waals surface area contributed by atoms with Gasteiger partial charge in [0.15, 0.2) is 0 Å². The molecule has 0 aromatic heterocycles. The van der Waals surface area contributed by atoms with E-state index in [1.807, 2.05) is 6.92 Å². The highest BCUT2D eigenvalue weighted by molar-refractivity contribution is 5.33. The third kappa shape index (κ3) is 4.04. The van der Waals surface area contributed by atoms with Gasteiger partial charge in [-0.3, -0.25) is 0 Å². The van der Waals surface area contributed by atoms with Gasteiger partial charge in [-0.1, -0.05) is 43.9 Å². The van der Waals surface area contributed by atoms with Gasteiger partial charge in [0.05, 0.1) is 0 Å². The van der Waals surface area contributed by atoms with E-state index < -0.39 is 0 Å². The minimum atomic E-state index is 0.340. The zero-order chi connectivity index (χ0) is 16.8. The lowest BCUT2D eigenvalue weighted by molar-refractivity contribution is 0.250. The Bertz CT molecular complexity index is 620. The Kier molecular flexibility index (Phi) is 5.67. The van der Waals surface area contributed by atoms with Gasteiger partial charge < -0.3 is 4.74 Å². The summed E-state index contributed by atoms with van der Waals surface area (Å²) < 4.78 is 6.02. The maximum Gasteiger partial charge on any atom is 0.119 e. The van der Waals surface area contributed by atoms with Crippen molar-refractivity contribution in [3.05, 3.63) is 41.5 Å². The molecule has 0 bridgehead atoms. The fraction of sp³-hybridized carbons (Fsp3) is 0.565. The van der Waals surface area contributed by atoms with Crippen LogP contribution in [0.4, 0.5) is 0 Å². The standard InChI is InChI=1S/C23H30O/c1-3-7-20(4-2)21-8-10-22(11-9-21)24-18-19-12-16-23(17-13-19)14-5-6-15-23/h8-12,20H,4-6,13-18H2,1-2H3/t20-/m1/s1. The second-order valence-electron chi connectivity index (χ2n) is 7.49. The molecule has 1 aromatic rings. The van der Waals surface area contributed by atoms with Gasteiger partial charge in [-0.25, -0.2) is 0 Å². The van der Waals surface area contributed by atoms with E-state index in [-0.39, 0.29) is 0 Å². The molecule has 0 amide bonds. The Labute approximate surface area is 147 Å². The molecule has 1 spiro atoms. The number of benzene rings is 1. The summed E-state index contributed by atoms with van der Waals surface area (Å²) in [5.74, 6) is 7.62. The van der Waals surface area contributed by atoms with Gasteiger partial charge in [0, 0.05) is 5.92 Å². The van der Waals surface area contributed by atoms with Crippen molar-refractivity contribution in [3.8, 4) is 17.6 Å². The first-order valence-electron chi connectivity index (χ1n) is 9.58. The summed E-state index contributed by atoms with van der Waals surface area (Å²) in [7, 11) is 0. The Morgan fingerprint density at radius 1 is 1.12 bits per heavy atom. The monoisotopic (exact) mass is 322 g/mol. The molecule has 1 atom stereocenters. The molecule has 24 heavy (non-hydrogen) atoms. The minimum absolute atomic E-state index is 0.340. The first kappa shape index (κ1) is 17.2. The molecule has 3 rings (SSSR count). The summed E-state index contributed by atoms with van der Waals surface area (Å²) in [5.41, 5.74) is 3.43. The maximum atomic E-state index is 6.02. The molecule has 1 heteroatoms. The molecule has 0 radical (unpaired) electrons. The minimum Gasteiger partial charge on any atom is -0.489 e.